The highest BCUT2D eigenvalue weighted by molar-refractivity contribution is 5.94. The predicted octanol–water partition coefficient (Wildman–Crippen LogP) is 3.13. The van der Waals surface area contributed by atoms with Crippen LogP contribution in [0, 0.1) is 11.3 Å². The van der Waals surface area contributed by atoms with Crippen LogP contribution in [-0.4, -0.2) is 37.6 Å². The highest BCUT2D eigenvalue weighted by Gasteiger charge is 2.26. The number of methoxy groups -OCH3 is 1. The lowest BCUT2D eigenvalue weighted by atomic mass is 10.0. The standard InChI is InChI=1S/C21H23N3O2/c1-26-20-7-3-2-6-18(20)19(24-12-4-5-13-24)15-23-21(25)17-10-8-16(14-22)9-11-17/h2-3,6-11,19H,4-5,12-13,15H2,1H3,(H,23,25). The summed E-state index contributed by atoms with van der Waals surface area (Å²) >= 11 is 0. The van der Waals surface area contributed by atoms with Crippen LogP contribution in [0.15, 0.2) is 48.5 Å². The van der Waals surface area contributed by atoms with Gasteiger partial charge in [-0.25, -0.2) is 0 Å². The molecular formula is C21H23N3O2. The molecule has 3 rings (SSSR count). The Morgan fingerprint density at radius 3 is 2.54 bits per heavy atom. The van der Waals surface area contributed by atoms with Crippen molar-refractivity contribution in [2.45, 2.75) is 18.9 Å². The largest absolute Gasteiger partial charge is 0.496 e. The summed E-state index contributed by atoms with van der Waals surface area (Å²) in [4.78, 5) is 14.9. The smallest absolute Gasteiger partial charge is 0.251 e. The van der Waals surface area contributed by atoms with Crippen LogP contribution in [-0.2, 0) is 0 Å². The molecule has 1 unspecified atom stereocenters. The second-order valence-corrected chi connectivity index (χ2v) is 6.40. The number of hydrogen-bond donors (Lipinski definition) is 1. The summed E-state index contributed by atoms with van der Waals surface area (Å²) in [5.74, 6) is 0.714. The van der Waals surface area contributed by atoms with E-state index in [4.69, 9.17) is 10.00 Å². The molecule has 5 heteroatoms. The fourth-order valence-corrected chi connectivity index (χ4v) is 3.42. The van der Waals surface area contributed by atoms with Gasteiger partial charge < -0.3 is 10.1 Å². The molecule has 1 aliphatic rings. The molecule has 0 aromatic heterocycles. The molecule has 0 saturated carbocycles. The third kappa shape index (κ3) is 4.04. The first kappa shape index (κ1) is 18.0. The topological polar surface area (TPSA) is 65.4 Å². The molecule has 1 N–H and O–H groups in total. The maximum absolute atomic E-state index is 12.5. The van der Waals surface area contributed by atoms with Crippen molar-refractivity contribution < 1.29 is 9.53 Å². The third-order valence-electron chi connectivity index (χ3n) is 4.81. The van der Waals surface area contributed by atoms with Gasteiger partial charge in [-0.2, -0.15) is 5.26 Å². The highest BCUT2D eigenvalue weighted by Crippen LogP contribution is 2.31. The molecule has 1 saturated heterocycles. The molecular weight excluding hydrogens is 326 g/mol. The molecule has 26 heavy (non-hydrogen) atoms. The molecule has 2 aromatic rings. The van der Waals surface area contributed by atoms with E-state index < -0.39 is 0 Å². The van der Waals surface area contributed by atoms with Crippen LogP contribution in [0.25, 0.3) is 0 Å². The number of carbonyl (C=O) groups excluding carboxylic acids is 1. The van der Waals surface area contributed by atoms with Crippen molar-refractivity contribution in [2.24, 2.45) is 0 Å². The Bertz CT molecular complexity index is 790. The summed E-state index contributed by atoms with van der Waals surface area (Å²) in [5, 5.41) is 11.9. The first-order valence-electron chi connectivity index (χ1n) is 8.88. The number of likely N-dealkylation sites (tertiary alicyclic amines) is 1. The van der Waals surface area contributed by atoms with Gasteiger partial charge in [0.1, 0.15) is 5.75 Å². The van der Waals surface area contributed by atoms with Crippen LogP contribution in [0.1, 0.15) is 40.4 Å². The molecule has 0 aliphatic carbocycles. The third-order valence-corrected chi connectivity index (χ3v) is 4.81. The number of hydrogen-bond acceptors (Lipinski definition) is 4. The number of para-hydroxylation sites is 1. The van der Waals surface area contributed by atoms with Gasteiger partial charge in [-0.15, -0.1) is 0 Å². The lowest BCUT2D eigenvalue weighted by Gasteiger charge is -2.29. The van der Waals surface area contributed by atoms with Gasteiger partial charge >= 0.3 is 0 Å². The van der Waals surface area contributed by atoms with Gasteiger partial charge in [-0.1, -0.05) is 18.2 Å². The SMILES string of the molecule is COc1ccccc1C(CNC(=O)c1ccc(C#N)cc1)N1CCCC1. The monoisotopic (exact) mass is 349 g/mol. The second-order valence-electron chi connectivity index (χ2n) is 6.40. The molecule has 0 spiro atoms. The minimum Gasteiger partial charge on any atom is -0.496 e. The highest BCUT2D eigenvalue weighted by atomic mass is 16.5. The van der Waals surface area contributed by atoms with Crippen molar-refractivity contribution in [3.05, 3.63) is 65.2 Å². The van der Waals surface area contributed by atoms with Crippen LogP contribution in [0.3, 0.4) is 0 Å². The van der Waals surface area contributed by atoms with Gasteiger partial charge in [0.2, 0.25) is 0 Å². The van der Waals surface area contributed by atoms with E-state index in [0.29, 0.717) is 17.7 Å². The average molecular weight is 349 g/mol. The fourth-order valence-electron chi connectivity index (χ4n) is 3.42. The zero-order valence-corrected chi connectivity index (χ0v) is 14.9. The number of carbonyl (C=O) groups is 1. The summed E-state index contributed by atoms with van der Waals surface area (Å²) in [6.45, 7) is 2.56. The number of benzene rings is 2. The Labute approximate surface area is 154 Å². The Kier molecular flexibility index (Phi) is 5.88. The number of rotatable bonds is 6. The maximum Gasteiger partial charge on any atom is 0.251 e. The average Bonchev–Trinajstić information content (AvgIpc) is 3.23. The van der Waals surface area contributed by atoms with E-state index in [1.54, 1.807) is 31.4 Å². The predicted molar refractivity (Wildman–Crippen MR) is 100 cm³/mol. The van der Waals surface area contributed by atoms with E-state index in [1.807, 2.05) is 18.2 Å². The molecule has 0 bridgehead atoms. The number of ether oxygens (including phenoxy) is 1. The Balaban J connectivity index is 1.75. The minimum absolute atomic E-state index is 0.0796. The molecule has 1 fully saturated rings. The van der Waals surface area contributed by atoms with Crippen molar-refractivity contribution in [1.82, 2.24) is 10.2 Å². The maximum atomic E-state index is 12.5. The van der Waals surface area contributed by atoms with E-state index in [-0.39, 0.29) is 11.9 Å². The van der Waals surface area contributed by atoms with Crippen molar-refractivity contribution in [3.63, 3.8) is 0 Å². The Hall–Kier alpha value is -2.84. The second kappa shape index (κ2) is 8.50. The van der Waals surface area contributed by atoms with Gasteiger partial charge in [0.05, 0.1) is 24.8 Å². The first-order chi connectivity index (χ1) is 12.7. The summed E-state index contributed by atoms with van der Waals surface area (Å²) in [6, 6.07) is 16.8. The Morgan fingerprint density at radius 1 is 1.19 bits per heavy atom. The van der Waals surface area contributed by atoms with E-state index in [9.17, 15) is 4.79 Å². The van der Waals surface area contributed by atoms with Crippen LogP contribution in [0.2, 0.25) is 0 Å². The number of nitrogens with zero attached hydrogens (tertiary/aromatic N) is 2. The summed E-state index contributed by atoms with van der Waals surface area (Å²) < 4.78 is 5.53. The zero-order chi connectivity index (χ0) is 18.4. The number of amides is 1. The minimum atomic E-state index is -0.131. The molecule has 2 aromatic carbocycles. The molecule has 5 nitrogen and oxygen atoms in total. The molecule has 0 radical (unpaired) electrons. The van der Waals surface area contributed by atoms with E-state index in [0.717, 1.165) is 24.4 Å². The lowest BCUT2D eigenvalue weighted by molar-refractivity contribution is 0.0937. The molecule has 1 heterocycles. The quantitative estimate of drug-likeness (QED) is 0.870. The number of nitriles is 1. The molecule has 134 valence electrons. The van der Waals surface area contributed by atoms with Crippen LogP contribution in [0.5, 0.6) is 5.75 Å². The fraction of sp³-hybridized carbons (Fsp3) is 0.333. The van der Waals surface area contributed by atoms with Crippen molar-refractivity contribution >= 4 is 5.91 Å². The zero-order valence-electron chi connectivity index (χ0n) is 14.9. The van der Waals surface area contributed by atoms with Gasteiger partial charge in [-0.05, 0) is 56.3 Å². The summed E-state index contributed by atoms with van der Waals surface area (Å²) in [5.41, 5.74) is 2.20. The Morgan fingerprint density at radius 2 is 1.88 bits per heavy atom. The van der Waals surface area contributed by atoms with Crippen molar-refractivity contribution in [2.75, 3.05) is 26.7 Å². The summed E-state index contributed by atoms with van der Waals surface area (Å²) in [7, 11) is 1.68. The van der Waals surface area contributed by atoms with Crippen LogP contribution in [0.4, 0.5) is 0 Å². The van der Waals surface area contributed by atoms with Crippen LogP contribution < -0.4 is 10.1 Å². The first-order valence-corrected chi connectivity index (χ1v) is 8.88. The van der Waals surface area contributed by atoms with Crippen LogP contribution >= 0.6 is 0 Å². The van der Waals surface area contributed by atoms with Gasteiger partial charge in [0, 0.05) is 17.7 Å². The molecule has 1 atom stereocenters. The number of nitrogens with one attached hydrogen (secondary N) is 1. The summed E-state index contributed by atoms with van der Waals surface area (Å²) in [6.07, 6.45) is 2.35. The van der Waals surface area contributed by atoms with Crippen molar-refractivity contribution in [3.8, 4) is 11.8 Å². The van der Waals surface area contributed by atoms with E-state index in [2.05, 4.69) is 22.4 Å². The lowest BCUT2D eigenvalue weighted by Crippen LogP contribution is -2.37. The van der Waals surface area contributed by atoms with Gasteiger partial charge in [-0.3, -0.25) is 9.69 Å². The van der Waals surface area contributed by atoms with E-state index in [1.165, 1.54) is 12.8 Å². The normalized spacial score (nSPS) is 15.2. The van der Waals surface area contributed by atoms with E-state index >= 15 is 0 Å². The van der Waals surface area contributed by atoms with Crippen molar-refractivity contribution in [1.29, 1.82) is 5.26 Å². The molecule has 1 aliphatic heterocycles. The van der Waals surface area contributed by atoms with Gasteiger partial charge in [0.25, 0.3) is 5.91 Å². The van der Waals surface area contributed by atoms with Gasteiger partial charge in [0.15, 0.2) is 0 Å². The molecule has 1 amide bonds.